The van der Waals surface area contributed by atoms with E-state index in [-0.39, 0.29) is 5.82 Å². The molecule has 6 rings (SSSR count). The summed E-state index contributed by atoms with van der Waals surface area (Å²) in [6.07, 6.45) is 0. The van der Waals surface area contributed by atoms with Crippen LogP contribution in [0, 0.1) is 5.82 Å². The lowest BCUT2D eigenvalue weighted by Gasteiger charge is -2.37. The van der Waals surface area contributed by atoms with Crippen LogP contribution in [0.5, 0.6) is 0 Å². The van der Waals surface area contributed by atoms with Crippen molar-refractivity contribution in [2.24, 2.45) is 4.99 Å². The Hall–Kier alpha value is -4.29. The van der Waals surface area contributed by atoms with Crippen LogP contribution in [0.2, 0.25) is 0 Å². The molecule has 2 heterocycles. The minimum Gasteiger partial charge on any atom is -0.368 e. The summed E-state index contributed by atoms with van der Waals surface area (Å²) in [7, 11) is 0. The highest BCUT2D eigenvalue weighted by atomic mass is 32.1. The Kier molecular flexibility index (Phi) is 6.96. The number of anilines is 1. The monoisotopic (exact) mass is 518 g/mol. The smallest absolute Gasteiger partial charge is 0.146 e. The van der Waals surface area contributed by atoms with Crippen molar-refractivity contribution in [1.29, 1.82) is 0 Å². The Morgan fingerprint density at radius 2 is 1.29 bits per heavy atom. The van der Waals surface area contributed by atoms with Gasteiger partial charge in [0.15, 0.2) is 0 Å². The standard InChI is InChI=1S/C32H27FN4S/c33-27-18-16-26(17-19-27)31-34-29(24-10-4-1-5-11-24)32(38-31)35-30(25-12-6-2-7-13-25)37-22-20-36(21-23-37)28-14-8-3-9-15-28/h1-19H,20-23H2/b35-30-. The fourth-order valence-electron chi connectivity index (χ4n) is 4.70. The van der Waals surface area contributed by atoms with Crippen LogP contribution in [-0.2, 0) is 0 Å². The van der Waals surface area contributed by atoms with Crippen molar-refractivity contribution >= 4 is 27.9 Å². The van der Waals surface area contributed by atoms with Gasteiger partial charge in [-0.15, -0.1) is 0 Å². The Bertz CT molecular complexity index is 1510. The minimum absolute atomic E-state index is 0.257. The number of para-hydroxylation sites is 1. The van der Waals surface area contributed by atoms with Crippen LogP contribution >= 0.6 is 11.3 Å². The molecule has 0 bridgehead atoms. The molecule has 1 fully saturated rings. The molecular formula is C32H27FN4S. The van der Waals surface area contributed by atoms with Crippen LogP contribution in [0.25, 0.3) is 21.8 Å². The van der Waals surface area contributed by atoms with Crippen LogP contribution in [0.4, 0.5) is 15.1 Å². The first kappa shape index (κ1) is 24.1. The molecule has 0 spiro atoms. The molecule has 0 amide bonds. The molecule has 0 atom stereocenters. The van der Waals surface area contributed by atoms with Crippen LogP contribution in [0.1, 0.15) is 5.56 Å². The molecule has 4 aromatic carbocycles. The molecule has 1 aliphatic heterocycles. The third-order valence-electron chi connectivity index (χ3n) is 6.69. The van der Waals surface area contributed by atoms with Crippen LogP contribution in [-0.4, -0.2) is 41.9 Å². The van der Waals surface area contributed by atoms with Gasteiger partial charge in [-0.25, -0.2) is 14.4 Å². The number of halogens is 1. The van der Waals surface area contributed by atoms with Crippen molar-refractivity contribution in [3.8, 4) is 21.8 Å². The lowest BCUT2D eigenvalue weighted by molar-refractivity contribution is 0.386. The Morgan fingerprint density at radius 3 is 1.95 bits per heavy atom. The van der Waals surface area contributed by atoms with Crippen LogP contribution in [0.15, 0.2) is 120 Å². The zero-order chi connectivity index (χ0) is 25.7. The largest absolute Gasteiger partial charge is 0.368 e. The van der Waals surface area contributed by atoms with E-state index in [9.17, 15) is 4.39 Å². The summed E-state index contributed by atoms with van der Waals surface area (Å²) in [6.45, 7) is 3.58. The number of aliphatic imine (C=N–C) groups is 1. The molecule has 4 nitrogen and oxygen atoms in total. The second-order valence-electron chi connectivity index (χ2n) is 9.16. The van der Waals surface area contributed by atoms with E-state index in [1.807, 2.05) is 24.3 Å². The summed E-state index contributed by atoms with van der Waals surface area (Å²) in [5.41, 5.74) is 5.07. The normalized spacial score (nSPS) is 14.1. The first-order valence-corrected chi connectivity index (χ1v) is 13.6. The summed E-state index contributed by atoms with van der Waals surface area (Å²) in [5.74, 6) is 0.692. The van der Waals surface area contributed by atoms with Gasteiger partial charge >= 0.3 is 0 Å². The number of aromatic nitrogens is 1. The second kappa shape index (κ2) is 11.0. The molecular weight excluding hydrogens is 491 g/mol. The summed E-state index contributed by atoms with van der Waals surface area (Å²) >= 11 is 1.54. The lowest BCUT2D eigenvalue weighted by atomic mass is 10.1. The number of hydrogen-bond donors (Lipinski definition) is 0. The average molecular weight is 519 g/mol. The van der Waals surface area contributed by atoms with E-state index in [1.54, 1.807) is 12.1 Å². The van der Waals surface area contributed by atoms with Gasteiger partial charge in [-0.2, -0.15) is 0 Å². The van der Waals surface area contributed by atoms with Crippen molar-refractivity contribution in [3.63, 3.8) is 0 Å². The van der Waals surface area contributed by atoms with Crippen molar-refractivity contribution < 1.29 is 4.39 Å². The highest BCUT2D eigenvalue weighted by Gasteiger charge is 2.23. The van der Waals surface area contributed by atoms with E-state index in [0.29, 0.717) is 0 Å². The minimum atomic E-state index is -0.257. The number of amidine groups is 1. The van der Waals surface area contributed by atoms with Gasteiger partial charge < -0.3 is 9.80 Å². The average Bonchev–Trinajstić information content (AvgIpc) is 3.42. The summed E-state index contributed by atoms with van der Waals surface area (Å²) in [4.78, 5) is 15.1. The van der Waals surface area contributed by atoms with E-state index in [4.69, 9.17) is 9.98 Å². The Balaban J connectivity index is 1.40. The predicted molar refractivity (Wildman–Crippen MR) is 156 cm³/mol. The van der Waals surface area contributed by atoms with Crippen LogP contribution in [0.3, 0.4) is 0 Å². The van der Waals surface area contributed by atoms with Gasteiger partial charge in [-0.05, 0) is 36.4 Å². The first-order chi connectivity index (χ1) is 18.7. The van der Waals surface area contributed by atoms with Gasteiger partial charge in [0.05, 0.1) is 0 Å². The zero-order valence-electron chi connectivity index (χ0n) is 20.9. The second-order valence-corrected chi connectivity index (χ2v) is 10.1. The van der Waals surface area contributed by atoms with E-state index in [1.165, 1.54) is 29.2 Å². The number of benzene rings is 4. The number of hydrogen-bond acceptors (Lipinski definition) is 4. The van der Waals surface area contributed by atoms with Gasteiger partial charge in [0.2, 0.25) is 0 Å². The van der Waals surface area contributed by atoms with E-state index in [2.05, 4.69) is 76.5 Å². The van der Waals surface area contributed by atoms with Crippen molar-refractivity contribution in [2.45, 2.75) is 0 Å². The summed E-state index contributed by atoms with van der Waals surface area (Å²) in [5, 5.41) is 1.67. The third-order valence-corrected chi connectivity index (χ3v) is 7.69. The number of nitrogens with zero attached hydrogens (tertiary/aromatic N) is 4. The fraction of sp³-hybridized carbons (Fsp3) is 0.125. The molecule has 0 radical (unpaired) electrons. The molecule has 0 N–H and O–H groups in total. The van der Waals surface area contributed by atoms with E-state index < -0.39 is 0 Å². The predicted octanol–water partition coefficient (Wildman–Crippen LogP) is 7.52. The van der Waals surface area contributed by atoms with Gasteiger partial charge in [0.25, 0.3) is 0 Å². The van der Waals surface area contributed by atoms with Crippen molar-refractivity contribution in [3.05, 3.63) is 127 Å². The molecule has 38 heavy (non-hydrogen) atoms. The fourth-order valence-corrected chi connectivity index (χ4v) is 5.67. The topological polar surface area (TPSA) is 31.7 Å². The lowest BCUT2D eigenvalue weighted by Crippen LogP contribution is -2.49. The third kappa shape index (κ3) is 5.22. The number of rotatable bonds is 5. The molecule has 188 valence electrons. The van der Waals surface area contributed by atoms with Crippen molar-refractivity contribution in [1.82, 2.24) is 9.88 Å². The zero-order valence-corrected chi connectivity index (χ0v) is 21.7. The molecule has 0 saturated carbocycles. The quantitative estimate of drug-likeness (QED) is 0.178. The summed E-state index contributed by atoms with van der Waals surface area (Å²) < 4.78 is 13.6. The van der Waals surface area contributed by atoms with Gasteiger partial charge in [0, 0.05) is 48.6 Å². The number of thiazole rings is 1. The maximum atomic E-state index is 13.6. The van der Waals surface area contributed by atoms with Crippen molar-refractivity contribution in [2.75, 3.05) is 31.1 Å². The number of piperazine rings is 1. The van der Waals surface area contributed by atoms with Gasteiger partial charge in [-0.3, -0.25) is 0 Å². The Labute approximate surface area is 226 Å². The van der Waals surface area contributed by atoms with Gasteiger partial charge in [-0.1, -0.05) is 90.2 Å². The first-order valence-electron chi connectivity index (χ1n) is 12.8. The van der Waals surface area contributed by atoms with E-state index >= 15 is 0 Å². The van der Waals surface area contributed by atoms with E-state index in [0.717, 1.165) is 64.4 Å². The molecule has 0 aliphatic carbocycles. The van der Waals surface area contributed by atoms with Crippen LogP contribution < -0.4 is 4.90 Å². The van der Waals surface area contributed by atoms with Gasteiger partial charge in [0.1, 0.15) is 27.4 Å². The highest BCUT2D eigenvalue weighted by Crippen LogP contribution is 2.40. The maximum absolute atomic E-state index is 13.6. The Morgan fingerprint density at radius 1 is 0.684 bits per heavy atom. The summed E-state index contributed by atoms with van der Waals surface area (Å²) in [6, 6.07) is 37.6. The molecule has 0 unspecified atom stereocenters. The molecule has 1 aliphatic rings. The molecule has 1 aromatic heterocycles. The maximum Gasteiger partial charge on any atom is 0.146 e. The molecule has 6 heteroatoms. The molecule has 1 saturated heterocycles. The SMILES string of the molecule is Fc1ccc(-c2nc(-c3ccccc3)c(/N=C(/c3ccccc3)N3CCN(c4ccccc4)CC3)s2)cc1. The highest BCUT2D eigenvalue weighted by molar-refractivity contribution is 7.19. The molecule has 5 aromatic rings.